The van der Waals surface area contributed by atoms with E-state index in [1.807, 2.05) is 24.4 Å². The first-order valence-corrected chi connectivity index (χ1v) is 13.9. The minimum Gasteiger partial charge on any atom is -0.350 e. The maximum atomic E-state index is 12.5. The van der Waals surface area contributed by atoms with Crippen LogP contribution in [-0.2, 0) is 11.2 Å². The highest BCUT2D eigenvalue weighted by Gasteiger charge is 2.07. The third kappa shape index (κ3) is 8.23. The van der Waals surface area contributed by atoms with Gasteiger partial charge in [-0.15, -0.1) is 23.5 Å². The molecule has 0 radical (unpaired) electrons. The van der Waals surface area contributed by atoms with E-state index in [4.69, 9.17) is 0 Å². The number of benzene rings is 2. The van der Waals surface area contributed by atoms with Crippen molar-refractivity contribution in [1.29, 1.82) is 0 Å². The van der Waals surface area contributed by atoms with Crippen LogP contribution >= 0.6 is 23.5 Å². The van der Waals surface area contributed by atoms with Crippen LogP contribution in [0.2, 0.25) is 0 Å². The molecule has 1 heterocycles. The molecule has 3 aromatic rings. The number of hydrogen-bond acceptors (Lipinski definition) is 4. The average molecular weight is 489 g/mol. The van der Waals surface area contributed by atoms with Gasteiger partial charge in [-0.2, -0.15) is 0 Å². The predicted molar refractivity (Wildman–Crippen MR) is 147 cm³/mol. The quantitative estimate of drug-likeness (QED) is 0.179. The van der Waals surface area contributed by atoms with Crippen molar-refractivity contribution in [3.05, 3.63) is 108 Å². The van der Waals surface area contributed by atoms with Crippen molar-refractivity contribution in [2.24, 2.45) is 0 Å². The molecule has 1 aromatic heterocycles. The zero-order chi connectivity index (χ0) is 24.2. The molecule has 0 fully saturated rings. The van der Waals surface area contributed by atoms with Crippen LogP contribution in [0.15, 0.2) is 101 Å². The Bertz CT molecular complexity index is 1040. The fourth-order valence-corrected chi connectivity index (χ4v) is 4.47. The molecule has 1 N–H and O–H groups in total. The van der Waals surface area contributed by atoms with Gasteiger partial charge in [0.15, 0.2) is 0 Å². The normalized spacial score (nSPS) is 11.9. The lowest BCUT2D eigenvalue weighted by atomic mass is 9.97. The van der Waals surface area contributed by atoms with Crippen molar-refractivity contribution in [2.75, 3.05) is 12.5 Å². The van der Waals surface area contributed by atoms with E-state index in [1.54, 1.807) is 35.8 Å². The first kappa shape index (κ1) is 25.9. The smallest absolute Gasteiger partial charge is 0.244 e. The monoisotopic (exact) mass is 488 g/mol. The summed E-state index contributed by atoms with van der Waals surface area (Å²) in [5.41, 5.74) is 4.58. The van der Waals surface area contributed by atoms with E-state index < -0.39 is 0 Å². The molecule has 0 aliphatic rings. The van der Waals surface area contributed by atoms with Crippen molar-refractivity contribution >= 4 is 35.0 Å². The molecule has 34 heavy (non-hydrogen) atoms. The fourth-order valence-electron chi connectivity index (χ4n) is 3.65. The molecule has 176 valence electrons. The molecular weight excluding hydrogens is 456 g/mol. The van der Waals surface area contributed by atoms with Gasteiger partial charge in [-0.1, -0.05) is 42.5 Å². The Morgan fingerprint density at radius 1 is 0.971 bits per heavy atom. The van der Waals surface area contributed by atoms with Gasteiger partial charge in [0, 0.05) is 34.3 Å². The van der Waals surface area contributed by atoms with Gasteiger partial charge in [-0.05, 0) is 91.3 Å². The van der Waals surface area contributed by atoms with Crippen LogP contribution < -0.4 is 5.32 Å². The first-order valence-electron chi connectivity index (χ1n) is 11.5. The van der Waals surface area contributed by atoms with Crippen molar-refractivity contribution in [3.63, 3.8) is 0 Å². The van der Waals surface area contributed by atoms with Gasteiger partial charge < -0.3 is 5.32 Å². The number of carbonyl (C=O) groups is 1. The first-order chi connectivity index (χ1) is 16.6. The van der Waals surface area contributed by atoms with Crippen LogP contribution in [0, 0.1) is 0 Å². The predicted octanol–water partition coefficient (Wildman–Crippen LogP) is 7.04. The zero-order valence-electron chi connectivity index (χ0n) is 20.0. The van der Waals surface area contributed by atoms with Crippen molar-refractivity contribution in [1.82, 2.24) is 10.3 Å². The Balaban J connectivity index is 1.64. The zero-order valence-corrected chi connectivity index (χ0v) is 21.7. The van der Waals surface area contributed by atoms with Crippen LogP contribution in [0.3, 0.4) is 0 Å². The maximum Gasteiger partial charge on any atom is 0.244 e. The van der Waals surface area contributed by atoms with Gasteiger partial charge in [-0.3, -0.25) is 9.78 Å². The number of nitrogens with one attached hydrogen (secondary N) is 1. The molecule has 0 saturated carbocycles. The highest BCUT2D eigenvalue weighted by Crippen LogP contribution is 2.27. The summed E-state index contributed by atoms with van der Waals surface area (Å²) in [5.74, 6) is -0.0695. The number of thioether (sulfide) groups is 2. The summed E-state index contributed by atoms with van der Waals surface area (Å²) >= 11 is 3.46. The van der Waals surface area contributed by atoms with Crippen molar-refractivity contribution < 1.29 is 4.79 Å². The molecule has 0 aliphatic carbocycles. The fraction of sp³-hybridized carbons (Fsp3) is 0.241. The summed E-state index contributed by atoms with van der Waals surface area (Å²) in [4.78, 5) is 19.1. The van der Waals surface area contributed by atoms with Crippen LogP contribution in [-0.4, -0.2) is 29.4 Å². The number of amides is 1. The minimum absolute atomic E-state index is 0.0695. The van der Waals surface area contributed by atoms with E-state index in [9.17, 15) is 4.79 Å². The second kappa shape index (κ2) is 13.8. The number of nitrogens with zero attached hydrogens (tertiary/aromatic N) is 1. The van der Waals surface area contributed by atoms with Crippen LogP contribution in [0.25, 0.3) is 5.57 Å². The van der Waals surface area contributed by atoms with E-state index >= 15 is 0 Å². The lowest BCUT2D eigenvalue weighted by Crippen LogP contribution is -2.31. The summed E-state index contributed by atoms with van der Waals surface area (Å²) in [6, 6.07) is 21.2. The van der Waals surface area contributed by atoms with Gasteiger partial charge in [-0.25, -0.2) is 0 Å². The van der Waals surface area contributed by atoms with Crippen LogP contribution in [0.1, 0.15) is 36.5 Å². The largest absolute Gasteiger partial charge is 0.350 e. The topological polar surface area (TPSA) is 42.0 Å². The van der Waals surface area contributed by atoms with E-state index in [1.165, 1.54) is 15.4 Å². The van der Waals surface area contributed by atoms with Crippen molar-refractivity contribution in [3.8, 4) is 0 Å². The molecule has 0 unspecified atom stereocenters. The van der Waals surface area contributed by atoms with Crippen LogP contribution in [0.4, 0.5) is 0 Å². The lowest BCUT2D eigenvalue weighted by Gasteiger charge is -2.12. The van der Waals surface area contributed by atoms with Gasteiger partial charge in [0.2, 0.25) is 5.91 Å². The Morgan fingerprint density at radius 2 is 1.59 bits per heavy atom. The highest BCUT2D eigenvalue weighted by molar-refractivity contribution is 7.98. The molecule has 3 rings (SSSR count). The molecule has 2 aromatic carbocycles. The maximum absolute atomic E-state index is 12.5. The molecular formula is C29H32N2OS2. The summed E-state index contributed by atoms with van der Waals surface area (Å²) in [5, 5.41) is 3.07. The molecule has 0 aliphatic heterocycles. The number of carbonyl (C=O) groups excluding carboxylic acids is 1. The Morgan fingerprint density at radius 3 is 2.12 bits per heavy atom. The number of hydrogen-bond donors (Lipinski definition) is 1. The van der Waals surface area contributed by atoms with E-state index in [0.717, 1.165) is 36.0 Å². The number of aromatic nitrogens is 1. The molecule has 0 bridgehead atoms. The Kier molecular flexibility index (Phi) is 10.5. The molecule has 1 atom stereocenters. The standard InChI is InChI=1S/C29H32N2OS2/c1-22(7-4-8-23-9-6-20-30-21-23)31-29(32)11-5-10-28(24-12-16-26(33-2)17-13-24)25-14-18-27(34-3)19-15-25/h5-6,9-22H,4,7-8H2,1-3H3,(H,31,32)/t22-/m1/s1. The van der Waals surface area contributed by atoms with Crippen LogP contribution in [0.5, 0.6) is 0 Å². The van der Waals surface area contributed by atoms with Gasteiger partial charge in [0.1, 0.15) is 0 Å². The van der Waals surface area contributed by atoms with Gasteiger partial charge >= 0.3 is 0 Å². The number of allylic oxidation sites excluding steroid dienone is 2. The van der Waals surface area contributed by atoms with E-state index in [2.05, 4.69) is 84.3 Å². The Hall–Kier alpha value is -2.76. The van der Waals surface area contributed by atoms with Crippen molar-refractivity contribution in [2.45, 2.75) is 42.0 Å². The average Bonchev–Trinajstić information content (AvgIpc) is 2.87. The van der Waals surface area contributed by atoms with E-state index in [-0.39, 0.29) is 11.9 Å². The second-order valence-corrected chi connectivity index (χ2v) is 9.82. The minimum atomic E-state index is -0.0695. The second-order valence-electron chi connectivity index (χ2n) is 8.06. The molecule has 0 spiro atoms. The van der Waals surface area contributed by atoms with Gasteiger partial charge in [0.25, 0.3) is 0 Å². The number of pyridine rings is 1. The molecule has 1 amide bonds. The molecule has 3 nitrogen and oxygen atoms in total. The summed E-state index contributed by atoms with van der Waals surface area (Å²) < 4.78 is 0. The number of rotatable bonds is 11. The third-order valence-corrected chi connectivity index (χ3v) is 7.01. The summed E-state index contributed by atoms with van der Waals surface area (Å²) in [6.45, 7) is 2.05. The third-order valence-electron chi connectivity index (χ3n) is 5.53. The lowest BCUT2D eigenvalue weighted by molar-refractivity contribution is -0.117. The van der Waals surface area contributed by atoms with E-state index in [0.29, 0.717) is 0 Å². The molecule has 0 saturated heterocycles. The number of aryl methyl sites for hydroxylation is 1. The van der Waals surface area contributed by atoms with Gasteiger partial charge in [0.05, 0.1) is 0 Å². The summed E-state index contributed by atoms with van der Waals surface area (Å²) in [7, 11) is 0. The summed E-state index contributed by atoms with van der Waals surface area (Å²) in [6.07, 6.45) is 16.2. The molecule has 5 heteroatoms. The Labute approximate surface area is 212 Å². The SMILES string of the molecule is CSc1ccc(C(=CC=CC(=O)N[C@H](C)CCCc2cccnc2)c2ccc(SC)cc2)cc1. The highest BCUT2D eigenvalue weighted by atomic mass is 32.2.